The number of halogens is 3. The summed E-state index contributed by atoms with van der Waals surface area (Å²) in [7, 11) is -0.340. The Morgan fingerprint density at radius 2 is 1.44 bits per heavy atom. The molecule has 1 N–H and O–H groups in total. The van der Waals surface area contributed by atoms with Crippen LogP contribution in [0.5, 0.6) is 17.2 Å². The second kappa shape index (κ2) is 14.8. The maximum atomic E-state index is 14.3. The second-order valence-corrected chi connectivity index (χ2v) is 14.1. The largest absolute Gasteiger partial charge is 0.495 e. The van der Waals surface area contributed by atoms with Crippen molar-refractivity contribution in [1.29, 1.82) is 0 Å². The molecule has 14 heteroatoms. The Hall–Kier alpha value is -3.38. The maximum absolute atomic E-state index is 14.3. The normalized spacial score (nSPS) is 12.2. The van der Waals surface area contributed by atoms with Crippen LogP contribution in [0.3, 0.4) is 0 Å². The lowest BCUT2D eigenvalue weighted by molar-refractivity contribution is -0.140. The van der Waals surface area contributed by atoms with Gasteiger partial charge in [-0.2, -0.15) is 0 Å². The van der Waals surface area contributed by atoms with Crippen LogP contribution < -0.4 is 23.8 Å². The monoisotopic (exact) mass is 699 g/mol. The Bertz CT molecular complexity index is 1640. The van der Waals surface area contributed by atoms with Crippen LogP contribution in [0, 0.1) is 0 Å². The molecule has 0 radical (unpaired) electrons. The average Bonchev–Trinajstić information content (AvgIpc) is 2.97. The summed E-state index contributed by atoms with van der Waals surface area (Å²) in [5, 5.41) is 3.61. The highest BCUT2D eigenvalue weighted by molar-refractivity contribution is 7.92. The van der Waals surface area contributed by atoms with Crippen LogP contribution in [-0.4, -0.2) is 64.6 Å². The first kappa shape index (κ1) is 36.1. The molecule has 2 amide bonds. The van der Waals surface area contributed by atoms with Crippen LogP contribution in [0.1, 0.15) is 33.3 Å². The van der Waals surface area contributed by atoms with Crippen LogP contribution in [-0.2, 0) is 26.2 Å². The van der Waals surface area contributed by atoms with E-state index >= 15 is 0 Å². The summed E-state index contributed by atoms with van der Waals surface area (Å²) in [4.78, 5) is 28.7. The molecular formula is C31H36Cl3N3O7S. The molecule has 10 nitrogen and oxygen atoms in total. The van der Waals surface area contributed by atoms with Crippen molar-refractivity contribution in [3.8, 4) is 17.2 Å². The van der Waals surface area contributed by atoms with Crippen molar-refractivity contribution in [2.24, 2.45) is 0 Å². The predicted octanol–water partition coefficient (Wildman–Crippen LogP) is 6.20. The maximum Gasteiger partial charge on any atom is 0.265 e. The van der Waals surface area contributed by atoms with Crippen molar-refractivity contribution in [3.05, 3.63) is 75.2 Å². The second-order valence-electron chi connectivity index (χ2n) is 11.0. The molecule has 0 heterocycles. The molecule has 0 fully saturated rings. The first-order valence-corrected chi connectivity index (χ1v) is 16.2. The number of amides is 2. The average molecular weight is 701 g/mol. The molecule has 244 valence electrons. The molecule has 0 aliphatic rings. The molecule has 0 aliphatic heterocycles. The summed E-state index contributed by atoms with van der Waals surface area (Å²) in [5.74, 6) is -0.593. The standard InChI is InChI=1S/C31H36Cl3N3O7S/c1-19(30(39)35-31(2,3)4)36(17-22-23(33)9-8-10-24(22)34)29(38)18-37(25-15-20(32)11-13-26(25)42-5)45(40,41)21-12-14-27(43-6)28(16-21)44-7/h8-16,19H,17-18H2,1-7H3,(H,35,39). The fourth-order valence-electron chi connectivity index (χ4n) is 4.39. The molecular weight excluding hydrogens is 665 g/mol. The molecule has 0 bridgehead atoms. The summed E-state index contributed by atoms with van der Waals surface area (Å²) in [5.41, 5.74) is -0.228. The molecule has 0 aromatic heterocycles. The Morgan fingerprint density at radius 1 is 0.867 bits per heavy atom. The van der Waals surface area contributed by atoms with E-state index in [9.17, 15) is 18.0 Å². The van der Waals surface area contributed by atoms with Gasteiger partial charge >= 0.3 is 0 Å². The van der Waals surface area contributed by atoms with Gasteiger partial charge in [-0.3, -0.25) is 13.9 Å². The number of anilines is 1. The number of benzene rings is 3. The van der Waals surface area contributed by atoms with Crippen molar-refractivity contribution < 1.29 is 32.2 Å². The quantitative estimate of drug-likeness (QED) is 0.239. The van der Waals surface area contributed by atoms with E-state index in [1.807, 2.05) is 0 Å². The number of hydrogen-bond acceptors (Lipinski definition) is 7. The number of carbonyl (C=O) groups excluding carboxylic acids is 2. The van der Waals surface area contributed by atoms with Gasteiger partial charge in [-0.15, -0.1) is 0 Å². The zero-order valence-corrected chi connectivity index (χ0v) is 29.1. The van der Waals surface area contributed by atoms with E-state index in [1.54, 1.807) is 39.0 Å². The highest BCUT2D eigenvalue weighted by Gasteiger charge is 2.35. The SMILES string of the molecule is COc1ccc(S(=O)(=O)N(CC(=O)N(Cc2c(Cl)cccc2Cl)C(C)C(=O)NC(C)(C)C)c2cc(Cl)ccc2OC)cc1OC. The minimum atomic E-state index is -4.49. The molecule has 0 aliphatic carbocycles. The van der Waals surface area contributed by atoms with Crippen LogP contribution in [0.15, 0.2) is 59.5 Å². The molecule has 45 heavy (non-hydrogen) atoms. The van der Waals surface area contributed by atoms with Gasteiger partial charge < -0.3 is 24.4 Å². The predicted molar refractivity (Wildman–Crippen MR) is 176 cm³/mol. The van der Waals surface area contributed by atoms with Gasteiger partial charge in [0.2, 0.25) is 11.8 Å². The summed E-state index contributed by atoms with van der Waals surface area (Å²) in [6.07, 6.45) is 0. The van der Waals surface area contributed by atoms with Gasteiger partial charge in [-0.1, -0.05) is 40.9 Å². The van der Waals surface area contributed by atoms with E-state index in [4.69, 9.17) is 49.0 Å². The molecule has 0 saturated heterocycles. The first-order chi connectivity index (χ1) is 21.0. The smallest absolute Gasteiger partial charge is 0.265 e. The van der Waals surface area contributed by atoms with Crippen LogP contribution in [0.25, 0.3) is 0 Å². The topological polar surface area (TPSA) is 114 Å². The highest BCUT2D eigenvalue weighted by atomic mass is 35.5. The van der Waals surface area contributed by atoms with Gasteiger partial charge in [0.15, 0.2) is 11.5 Å². The molecule has 3 aromatic rings. The lowest BCUT2D eigenvalue weighted by atomic mass is 10.1. The number of nitrogens with one attached hydrogen (secondary N) is 1. The van der Waals surface area contributed by atoms with E-state index in [2.05, 4.69) is 5.32 Å². The minimum Gasteiger partial charge on any atom is -0.495 e. The number of rotatable bonds is 12. The van der Waals surface area contributed by atoms with Gasteiger partial charge in [0.05, 0.1) is 31.9 Å². The molecule has 0 spiro atoms. The van der Waals surface area contributed by atoms with Crippen molar-refractivity contribution in [1.82, 2.24) is 10.2 Å². The van der Waals surface area contributed by atoms with Crippen LogP contribution >= 0.6 is 34.8 Å². The fourth-order valence-corrected chi connectivity index (χ4v) is 6.50. The molecule has 1 atom stereocenters. The lowest BCUT2D eigenvalue weighted by Gasteiger charge is -2.34. The van der Waals surface area contributed by atoms with Gasteiger partial charge in [0, 0.05) is 38.8 Å². The van der Waals surface area contributed by atoms with E-state index in [0.717, 1.165) is 4.31 Å². The van der Waals surface area contributed by atoms with Crippen LogP contribution in [0.2, 0.25) is 15.1 Å². The van der Waals surface area contributed by atoms with Crippen molar-refractivity contribution in [2.75, 3.05) is 32.2 Å². The minimum absolute atomic E-state index is 0.00402. The number of methoxy groups -OCH3 is 3. The number of nitrogens with zero attached hydrogens (tertiary/aromatic N) is 2. The first-order valence-electron chi connectivity index (χ1n) is 13.7. The molecule has 1 unspecified atom stereocenters. The van der Waals surface area contributed by atoms with Gasteiger partial charge in [-0.25, -0.2) is 8.42 Å². The third-order valence-corrected chi connectivity index (χ3v) is 9.39. The van der Waals surface area contributed by atoms with E-state index < -0.39 is 40.0 Å². The van der Waals surface area contributed by atoms with Crippen molar-refractivity contribution in [3.63, 3.8) is 0 Å². The Balaban J connectivity index is 2.19. The lowest BCUT2D eigenvalue weighted by Crippen LogP contribution is -2.54. The Labute approximate surface area is 279 Å². The van der Waals surface area contributed by atoms with Crippen molar-refractivity contribution >= 4 is 62.3 Å². The number of ether oxygens (including phenoxy) is 3. The number of hydrogen-bond donors (Lipinski definition) is 1. The van der Waals surface area contributed by atoms with E-state index in [1.165, 1.54) is 69.6 Å². The Kier molecular flexibility index (Phi) is 11.9. The summed E-state index contributed by atoms with van der Waals surface area (Å²) in [6, 6.07) is 12.2. The zero-order valence-electron chi connectivity index (χ0n) is 26.0. The van der Waals surface area contributed by atoms with Crippen molar-refractivity contribution in [2.45, 2.75) is 50.7 Å². The zero-order chi connectivity index (χ0) is 33.7. The van der Waals surface area contributed by atoms with Gasteiger partial charge in [0.1, 0.15) is 18.3 Å². The highest BCUT2D eigenvalue weighted by Crippen LogP contribution is 2.37. The fraction of sp³-hybridized carbons (Fsp3) is 0.355. The molecule has 0 saturated carbocycles. The molecule has 3 aromatic carbocycles. The third kappa shape index (κ3) is 8.66. The van der Waals surface area contributed by atoms with E-state index in [-0.39, 0.29) is 43.7 Å². The molecule has 3 rings (SSSR count). The van der Waals surface area contributed by atoms with Crippen LogP contribution in [0.4, 0.5) is 5.69 Å². The van der Waals surface area contributed by atoms with Gasteiger partial charge in [0.25, 0.3) is 10.0 Å². The number of carbonyl (C=O) groups is 2. The summed E-state index contributed by atoms with van der Waals surface area (Å²) in [6.45, 7) is 6.01. The summed E-state index contributed by atoms with van der Waals surface area (Å²) >= 11 is 19.2. The van der Waals surface area contributed by atoms with Gasteiger partial charge in [-0.05, 0) is 70.2 Å². The number of sulfonamides is 1. The third-order valence-electron chi connectivity index (χ3n) is 6.69. The van der Waals surface area contributed by atoms with E-state index in [0.29, 0.717) is 11.3 Å². The Morgan fingerprint density at radius 3 is 2.00 bits per heavy atom. The summed E-state index contributed by atoms with van der Waals surface area (Å²) < 4.78 is 45.6.